The summed E-state index contributed by atoms with van der Waals surface area (Å²) in [6.45, 7) is 8.55. The predicted molar refractivity (Wildman–Crippen MR) is 73.4 cm³/mol. The number of likely N-dealkylation sites (tertiary alicyclic amines) is 2. The Balaban J connectivity index is 1.85. The van der Waals surface area contributed by atoms with Crippen molar-refractivity contribution < 1.29 is 0 Å². The van der Waals surface area contributed by atoms with Crippen molar-refractivity contribution in [2.24, 2.45) is 0 Å². The molecular formula is C14H29N3. The Bertz CT molecular complexity index is 246. The molecule has 0 aromatic heterocycles. The van der Waals surface area contributed by atoms with Crippen molar-refractivity contribution in [3.8, 4) is 0 Å². The van der Waals surface area contributed by atoms with Gasteiger partial charge in [0, 0.05) is 30.7 Å². The van der Waals surface area contributed by atoms with Crippen LogP contribution in [-0.2, 0) is 0 Å². The van der Waals surface area contributed by atoms with E-state index < -0.39 is 0 Å². The molecule has 0 spiro atoms. The van der Waals surface area contributed by atoms with Gasteiger partial charge in [-0.15, -0.1) is 0 Å². The van der Waals surface area contributed by atoms with Crippen LogP contribution >= 0.6 is 0 Å². The van der Waals surface area contributed by atoms with E-state index in [-0.39, 0.29) is 0 Å². The molecule has 1 N–H and O–H groups in total. The SMILES string of the molecule is CNC1(C)CCN(C2CCN(C)C(C)C2)CC1. The van der Waals surface area contributed by atoms with Gasteiger partial charge in [-0.1, -0.05) is 0 Å². The Morgan fingerprint density at radius 1 is 1.18 bits per heavy atom. The third-order valence-electron chi connectivity index (χ3n) is 5.20. The van der Waals surface area contributed by atoms with E-state index in [1.54, 1.807) is 0 Å². The van der Waals surface area contributed by atoms with E-state index in [1.165, 1.54) is 45.3 Å². The molecule has 2 aliphatic heterocycles. The molecule has 2 heterocycles. The highest BCUT2D eigenvalue weighted by atomic mass is 15.2. The Morgan fingerprint density at radius 2 is 1.82 bits per heavy atom. The molecule has 0 aliphatic carbocycles. The first-order valence-electron chi connectivity index (χ1n) is 7.17. The molecule has 0 bridgehead atoms. The molecular weight excluding hydrogens is 210 g/mol. The van der Waals surface area contributed by atoms with Crippen LogP contribution in [0.1, 0.15) is 39.5 Å². The van der Waals surface area contributed by atoms with Crippen LogP contribution in [0.3, 0.4) is 0 Å². The maximum absolute atomic E-state index is 3.48. The number of hydrogen-bond donors (Lipinski definition) is 1. The predicted octanol–water partition coefficient (Wildman–Crippen LogP) is 1.54. The summed E-state index contributed by atoms with van der Waals surface area (Å²) in [6.07, 6.45) is 5.30. The van der Waals surface area contributed by atoms with Crippen LogP contribution in [0.2, 0.25) is 0 Å². The zero-order valence-electron chi connectivity index (χ0n) is 12.0. The molecule has 0 amide bonds. The summed E-state index contributed by atoms with van der Waals surface area (Å²) in [6, 6.07) is 1.59. The number of rotatable bonds is 2. The van der Waals surface area contributed by atoms with Crippen molar-refractivity contribution in [2.45, 2.75) is 57.2 Å². The van der Waals surface area contributed by atoms with E-state index >= 15 is 0 Å². The van der Waals surface area contributed by atoms with Crippen LogP contribution in [0, 0.1) is 0 Å². The maximum atomic E-state index is 3.48. The van der Waals surface area contributed by atoms with Gasteiger partial charge in [0.15, 0.2) is 0 Å². The highest BCUT2D eigenvalue weighted by Gasteiger charge is 2.33. The van der Waals surface area contributed by atoms with Crippen molar-refractivity contribution in [3.63, 3.8) is 0 Å². The lowest BCUT2D eigenvalue weighted by Gasteiger charge is -2.46. The minimum atomic E-state index is 0.383. The molecule has 2 aliphatic rings. The van der Waals surface area contributed by atoms with E-state index in [0.717, 1.165) is 12.1 Å². The first kappa shape index (κ1) is 13.3. The van der Waals surface area contributed by atoms with E-state index in [4.69, 9.17) is 0 Å². The van der Waals surface area contributed by atoms with Gasteiger partial charge in [0.1, 0.15) is 0 Å². The van der Waals surface area contributed by atoms with E-state index in [2.05, 4.69) is 43.1 Å². The molecule has 2 saturated heterocycles. The molecule has 3 heteroatoms. The van der Waals surface area contributed by atoms with Gasteiger partial charge in [-0.25, -0.2) is 0 Å². The Hall–Kier alpha value is -0.120. The largest absolute Gasteiger partial charge is 0.314 e. The molecule has 0 radical (unpaired) electrons. The minimum Gasteiger partial charge on any atom is -0.314 e. The molecule has 2 rings (SSSR count). The maximum Gasteiger partial charge on any atom is 0.0174 e. The number of hydrogen-bond acceptors (Lipinski definition) is 3. The summed E-state index contributed by atoms with van der Waals surface area (Å²) in [4.78, 5) is 5.24. The van der Waals surface area contributed by atoms with Crippen LogP contribution in [0.4, 0.5) is 0 Å². The Morgan fingerprint density at radius 3 is 2.35 bits per heavy atom. The van der Waals surface area contributed by atoms with Crippen LogP contribution in [0.5, 0.6) is 0 Å². The van der Waals surface area contributed by atoms with Crippen molar-refractivity contribution >= 4 is 0 Å². The molecule has 3 nitrogen and oxygen atoms in total. The fraction of sp³-hybridized carbons (Fsp3) is 1.00. The third kappa shape index (κ3) is 3.01. The normalized spacial score (nSPS) is 36.0. The second-order valence-corrected chi connectivity index (χ2v) is 6.35. The van der Waals surface area contributed by atoms with E-state index in [0.29, 0.717) is 5.54 Å². The molecule has 2 fully saturated rings. The summed E-state index contributed by atoms with van der Waals surface area (Å²) < 4.78 is 0. The van der Waals surface area contributed by atoms with Crippen LogP contribution < -0.4 is 5.32 Å². The molecule has 0 saturated carbocycles. The summed E-state index contributed by atoms with van der Waals surface area (Å²) >= 11 is 0. The lowest BCUT2D eigenvalue weighted by atomic mass is 9.87. The summed E-state index contributed by atoms with van der Waals surface area (Å²) in [5.74, 6) is 0. The number of nitrogens with zero attached hydrogens (tertiary/aromatic N) is 2. The van der Waals surface area contributed by atoms with Crippen molar-refractivity contribution in [2.75, 3.05) is 33.7 Å². The molecule has 0 aromatic carbocycles. The smallest absolute Gasteiger partial charge is 0.0174 e. The fourth-order valence-electron chi connectivity index (χ4n) is 3.23. The van der Waals surface area contributed by atoms with Gasteiger partial charge >= 0.3 is 0 Å². The zero-order valence-corrected chi connectivity index (χ0v) is 12.0. The standard InChI is InChI=1S/C14H29N3/c1-12-11-13(5-8-16(12)4)17-9-6-14(2,15-3)7-10-17/h12-13,15H,5-11H2,1-4H3. The van der Waals surface area contributed by atoms with E-state index in [9.17, 15) is 0 Å². The topological polar surface area (TPSA) is 18.5 Å². The second-order valence-electron chi connectivity index (χ2n) is 6.35. The highest BCUT2D eigenvalue weighted by Crippen LogP contribution is 2.27. The van der Waals surface area contributed by atoms with Crippen LogP contribution in [0.25, 0.3) is 0 Å². The van der Waals surface area contributed by atoms with Crippen molar-refractivity contribution in [1.29, 1.82) is 0 Å². The lowest BCUT2D eigenvalue weighted by molar-refractivity contribution is 0.0535. The fourth-order valence-corrected chi connectivity index (χ4v) is 3.23. The molecule has 17 heavy (non-hydrogen) atoms. The van der Waals surface area contributed by atoms with Gasteiger partial charge in [-0.2, -0.15) is 0 Å². The molecule has 2 unspecified atom stereocenters. The molecule has 100 valence electrons. The van der Waals surface area contributed by atoms with Crippen molar-refractivity contribution in [1.82, 2.24) is 15.1 Å². The highest BCUT2D eigenvalue weighted by molar-refractivity contribution is 4.92. The van der Waals surface area contributed by atoms with Crippen LogP contribution in [-0.4, -0.2) is 61.2 Å². The van der Waals surface area contributed by atoms with Gasteiger partial charge in [-0.05, 0) is 60.2 Å². The third-order valence-corrected chi connectivity index (χ3v) is 5.20. The molecule has 0 aromatic rings. The summed E-state index contributed by atoms with van der Waals surface area (Å²) in [7, 11) is 4.36. The average molecular weight is 239 g/mol. The van der Waals surface area contributed by atoms with Crippen LogP contribution in [0.15, 0.2) is 0 Å². The van der Waals surface area contributed by atoms with Crippen molar-refractivity contribution in [3.05, 3.63) is 0 Å². The van der Waals surface area contributed by atoms with Gasteiger partial charge in [0.05, 0.1) is 0 Å². The van der Waals surface area contributed by atoms with Gasteiger partial charge < -0.3 is 15.1 Å². The van der Waals surface area contributed by atoms with Gasteiger partial charge in [0.2, 0.25) is 0 Å². The first-order valence-corrected chi connectivity index (χ1v) is 7.17. The quantitative estimate of drug-likeness (QED) is 0.788. The molecule has 2 atom stereocenters. The second kappa shape index (κ2) is 5.25. The van der Waals surface area contributed by atoms with Gasteiger partial charge in [0.25, 0.3) is 0 Å². The Kier molecular flexibility index (Phi) is 4.11. The average Bonchev–Trinajstić information content (AvgIpc) is 2.34. The number of piperidine rings is 2. The summed E-state index contributed by atoms with van der Waals surface area (Å²) in [5, 5.41) is 3.48. The lowest BCUT2D eigenvalue weighted by Crippen LogP contribution is -2.55. The number of nitrogens with one attached hydrogen (secondary N) is 1. The monoisotopic (exact) mass is 239 g/mol. The van der Waals surface area contributed by atoms with Gasteiger partial charge in [-0.3, -0.25) is 0 Å². The summed E-state index contributed by atoms with van der Waals surface area (Å²) in [5.41, 5.74) is 0.383. The first-order chi connectivity index (χ1) is 8.04. The van der Waals surface area contributed by atoms with E-state index in [1.807, 2.05) is 0 Å². The Labute approximate surface area is 107 Å². The zero-order chi connectivity index (χ0) is 12.5. The minimum absolute atomic E-state index is 0.383.